The number of nitrogens with zero attached hydrogens (tertiary/aromatic N) is 2. The average molecular weight is 254 g/mol. The van der Waals surface area contributed by atoms with Gasteiger partial charge in [0.25, 0.3) is 0 Å². The highest BCUT2D eigenvalue weighted by Crippen LogP contribution is 2.24. The molecule has 5 heteroatoms. The van der Waals surface area contributed by atoms with Crippen LogP contribution < -0.4 is 5.73 Å². The quantitative estimate of drug-likeness (QED) is 0.913. The molecule has 0 fully saturated rings. The van der Waals surface area contributed by atoms with Crippen molar-refractivity contribution < 1.29 is 4.39 Å². The summed E-state index contributed by atoms with van der Waals surface area (Å²) in [5.41, 5.74) is 7.32. The van der Waals surface area contributed by atoms with E-state index >= 15 is 0 Å². The lowest BCUT2D eigenvalue weighted by atomic mass is 10.0. The molecule has 0 amide bonds. The molecule has 2 N–H and O–H groups in total. The highest BCUT2D eigenvalue weighted by Gasteiger charge is 2.15. The summed E-state index contributed by atoms with van der Waals surface area (Å²) in [4.78, 5) is 0. The second kappa shape index (κ2) is 4.85. The molecule has 0 radical (unpaired) electrons. The van der Waals surface area contributed by atoms with E-state index in [4.69, 9.17) is 17.3 Å². The molecular weight excluding hydrogens is 241 g/mol. The van der Waals surface area contributed by atoms with E-state index in [9.17, 15) is 4.39 Å². The Balaban J connectivity index is 2.25. The minimum Gasteiger partial charge on any atom is -0.322 e. The molecule has 1 aromatic carbocycles. The second-order valence-electron chi connectivity index (χ2n) is 3.89. The first-order valence-electron chi connectivity index (χ1n) is 5.26. The third kappa shape index (κ3) is 2.48. The molecule has 2 aromatic rings. The number of benzene rings is 1. The molecule has 90 valence electrons. The van der Waals surface area contributed by atoms with Crippen LogP contribution in [0.25, 0.3) is 0 Å². The van der Waals surface area contributed by atoms with Crippen molar-refractivity contribution >= 4 is 11.6 Å². The molecule has 2 rings (SSSR count). The average Bonchev–Trinajstić information content (AvgIpc) is 2.70. The summed E-state index contributed by atoms with van der Waals surface area (Å²) >= 11 is 5.96. The van der Waals surface area contributed by atoms with Gasteiger partial charge in [-0.1, -0.05) is 17.7 Å². The van der Waals surface area contributed by atoms with Gasteiger partial charge in [-0.3, -0.25) is 4.68 Å². The van der Waals surface area contributed by atoms with Gasteiger partial charge in [0.15, 0.2) is 0 Å². The topological polar surface area (TPSA) is 43.8 Å². The molecule has 0 spiro atoms. The van der Waals surface area contributed by atoms with Crippen molar-refractivity contribution in [3.05, 3.63) is 52.6 Å². The summed E-state index contributed by atoms with van der Waals surface area (Å²) in [5, 5.41) is 4.44. The van der Waals surface area contributed by atoms with Crippen LogP contribution in [0, 0.1) is 5.82 Å². The van der Waals surface area contributed by atoms with E-state index in [1.807, 2.05) is 6.07 Å². The summed E-state index contributed by atoms with van der Waals surface area (Å²) in [6.07, 6.45) is 2.02. The van der Waals surface area contributed by atoms with Crippen LogP contribution in [-0.2, 0) is 13.5 Å². The van der Waals surface area contributed by atoms with Crippen molar-refractivity contribution in [2.45, 2.75) is 12.5 Å². The summed E-state index contributed by atoms with van der Waals surface area (Å²) in [6.45, 7) is 0. The standard InChI is InChI=1S/C12H13ClFN3/c1-17-12(5-6-16-17)11(15)7-8-9(13)3-2-4-10(8)14/h2-6,11H,7,15H2,1H3. The van der Waals surface area contributed by atoms with Gasteiger partial charge in [0.05, 0.1) is 11.7 Å². The van der Waals surface area contributed by atoms with E-state index in [2.05, 4.69) is 5.10 Å². The largest absolute Gasteiger partial charge is 0.322 e. The van der Waals surface area contributed by atoms with Gasteiger partial charge in [0.1, 0.15) is 5.82 Å². The Kier molecular flexibility index (Phi) is 3.45. The Hall–Kier alpha value is -1.39. The Morgan fingerprint density at radius 3 is 2.82 bits per heavy atom. The zero-order valence-electron chi connectivity index (χ0n) is 9.40. The molecule has 3 nitrogen and oxygen atoms in total. The minimum atomic E-state index is -0.324. The number of hydrogen-bond acceptors (Lipinski definition) is 2. The van der Waals surface area contributed by atoms with Crippen molar-refractivity contribution in [3.8, 4) is 0 Å². The Labute approximate surface area is 104 Å². The first kappa shape index (κ1) is 12.1. The Bertz CT molecular complexity index is 504. The zero-order chi connectivity index (χ0) is 12.4. The molecular formula is C12H13ClFN3. The van der Waals surface area contributed by atoms with Crippen LogP contribution in [0.2, 0.25) is 5.02 Å². The fourth-order valence-corrected chi connectivity index (χ4v) is 2.04. The maximum Gasteiger partial charge on any atom is 0.127 e. The number of nitrogens with two attached hydrogens (primary N) is 1. The van der Waals surface area contributed by atoms with Gasteiger partial charge in [-0.15, -0.1) is 0 Å². The van der Waals surface area contributed by atoms with Gasteiger partial charge < -0.3 is 5.73 Å². The van der Waals surface area contributed by atoms with Gasteiger partial charge in [0.2, 0.25) is 0 Å². The first-order chi connectivity index (χ1) is 8.09. The van der Waals surface area contributed by atoms with Gasteiger partial charge in [0, 0.05) is 23.8 Å². The van der Waals surface area contributed by atoms with Crippen LogP contribution in [0.5, 0.6) is 0 Å². The third-order valence-corrected chi connectivity index (χ3v) is 3.08. The predicted octanol–water partition coefficient (Wildman–Crippen LogP) is 2.46. The lowest BCUT2D eigenvalue weighted by Crippen LogP contribution is -2.18. The highest BCUT2D eigenvalue weighted by molar-refractivity contribution is 6.31. The smallest absolute Gasteiger partial charge is 0.127 e. The monoisotopic (exact) mass is 253 g/mol. The van der Waals surface area contributed by atoms with Crippen LogP contribution in [0.4, 0.5) is 4.39 Å². The molecule has 0 aliphatic rings. The fraction of sp³-hybridized carbons (Fsp3) is 0.250. The third-order valence-electron chi connectivity index (χ3n) is 2.72. The van der Waals surface area contributed by atoms with Crippen LogP contribution >= 0.6 is 11.6 Å². The van der Waals surface area contributed by atoms with E-state index in [0.29, 0.717) is 17.0 Å². The molecule has 1 atom stereocenters. The summed E-state index contributed by atoms with van der Waals surface area (Å²) in [5.74, 6) is -0.324. The second-order valence-corrected chi connectivity index (χ2v) is 4.30. The predicted molar refractivity (Wildman–Crippen MR) is 65.3 cm³/mol. The number of halogens is 2. The molecule has 0 aliphatic heterocycles. The Morgan fingerprint density at radius 2 is 2.24 bits per heavy atom. The van der Waals surface area contributed by atoms with Crippen LogP contribution in [0.1, 0.15) is 17.3 Å². The number of hydrogen-bond donors (Lipinski definition) is 1. The molecule has 1 unspecified atom stereocenters. The maximum atomic E-state index is 13.6. The van der Waals surface area contributed by atoms with E-state index in [0.717, 1.165) is 5.69 Å². The van der Waals surface area contributed by atoms with Crippen molar-refractivity contribution in [2.24, 2.45) is 12.8 Å². The van der Waals surface area contributed by atoms with Gasteiger partial charge in [-0.2, -0.15) is 5.10 Å². The lowest BCUT2D eigenvalue weighted by Gasteiger charge is -2.13. The number of aryl methyl sites for hydroxylation is 1. The van der Waals surface area contributed by atoms with Gasteiger partial charge in [-0.05, 0) is 24.6 Å². The molecule has 0 bridgehead atoms. The zero-order valence-corrected chi connectivity index (χ0v) is 10.2. The maximum absolute atomic E-state index is 13.6. The first-order valence-corrected chi connectivity index (χ1v) is 5.63. The number of rotatable bonds is 3. The van der Waals surface area contributed by atoms with Crippen LogP contribution in [0.3, 0.4) is 0 Å². The SMILES string of the molecule is Cn1nccc1C(N)Cc1c(F)cccc1Cl. The molecule has 17 heavy (non-hydrogen) atoms. The highest BCUT2D eigenvalue weighted by atomic mass is 35.5. The van der Waals surface area contributed by atoms with Gasteiger partial charge in [-0.25, -0.2) is 4.39 Å². The Morgan fingerprint density at radius 1 is 1.47 bits per heavy atom. The molecule has 0 saturated carbocycles. The molecule has 1 aromatic heterocycles. The van der Waals surface area contributed by atoms with Crippen molar-refractivity contribution in [2.75, 3.05) is 0 Å². The summed E-state index contributed by atoms with van der Waals surface area (Å²) in [6, 6.07) is 6.13. The lowest BCUT2D eigenvalue weighted by molar-refractivity contribution is 0.574. The van der Waals surface area contributed by atoms with E-state index in [1.165, 1.54) is 6.07 Å². The fourth-order valence-electron chi connectivity index (χ4n) is 1.80. The molecule has 1 heterocycles. The van der Waals surface area contributed by atoms with Crippen LogP contribution in [0.15, 0.2) is 30.5 Å². The molecule has 0 aliphatic carbocycles. The van der Waals surface area contributed by atoms with Crippen molar-refractivity contribution in [1.29, 1.82) is 0 Å². The number of aromatic nitrogens is 2. The van der Waals surface area contributed by atoms with E-state index in [-0.39, 0.29) is 11.9 Å². The summed E-state index contributed by atoms with van der Waals surface area (Å²) in [7, 11) is 1.80. The van der Waals surface area contributed by atoms with Crippen LogP contribution in [-0.4, -0.2) is 9.78 Å². The van der Waals surface area contributed by atoms with Crippen molar-refractivity contribution in [3.63, 3.8) is 0 Å². The van der Waals surface area contributed by atoms with E-state index < -0.39 is 0 Å². The van der Waals surface area contributed by atoms with E-state index in [1.54, 1.807) is 30.1 Å². The molecule has 0 saturated heterocycles. The normalized spacial score (nSPS) is 12.7. The summed E-state index contributed by atoms with van der Waals surface area (Å²) < 4.78 is 15.3. The van der Waals surface area contributed by atoms with Crippen molar-refractivity contribution in [1.82, 2.24) is 9.78 Å². The minimum absolute atomic E-state index is 0.322. The van der Waals surface area contributed by atoms with Gasteiger partial charge >= 0.3 is 0 Å².